The molecule has 1 aromatic heterocycles. The van der Waals surface area contributed by atoms with Crippen LogP contribution in [0.2, 0.25) is 0 Å². The number of carbonyl (C=O) groups is 1. The summed E-state index contributed by atoms with van der Waals surface area (Å²) in [6, 6.07) is 0. The summed E-state index contributed by atoms with van der Waals surface area (Å²) >= 11 is 0. The van der Waals surface area contributed by atoms with Gasteiger partial charge in [0.1, 0.15) is 16.3 Å². The molecular formula is C7H13N5O3S. The fourth-order valence-corrected chi connectivity index (χ4v) is 2.35. The van der Waals surface area contributed by atoms with Gasteiger partial charge in [-0.15, -0.1) is 0 Å². The van der Waals surface area contributed by atoms with E-state index in [0.29, 0.717) is 0 Å². The highest BCUT2D eigenvalue weighted by Gasteiger charge is 2.32. The Kier molecular flexibility index (Phi) is 2.93. The molecule has 0 aliphatic rings. The fourth-order valence-electron chi connectivity index (χ4n) is 0.940. The maximum Gasteiger partial charge on any atom is 0.246 e. The quantitative estimate of drug-likeness (QED) is 0.513. The number of nitrogens with two attached hydrogens (primary N) is 2. The van der Waals surface area contributed by atoms with Gasteiger partial charge in [0.25, 0.3) is 0 Å². The third kappa shape index (κ3) is 2.31. The van der Waals surface area contributed by atoms with Crippen LogP contribution in [0.15, 0.2) is 11.1 Å². The van der Waals surface area contributed by atoms with Gasteiger partial charge >= 0.3 is 0 Å². The van der Waals surface area contributed by atoms with Crippen molar-refractivity contribution < 1.29 is 13.2 Å². The van der Waals surface area contributed by atoms with Crippen LogP contribution >= 0.6 is 0 Å². The van der Waals surface area contributed by atoms with Gasteiger partial charge in [0.15, 0.2) is 0 Å². The van der Waals surface area contributed by atoms with Gasteiger partial charge in [0, 0.05) is 0 Å². The highest BCUT2D eigenvalue weighted by Crippen LogP contribution is 2.16. The molecule has 6 N–H and O–H groups in total. The molecule has 0 bridgehead atoms. The average Bonchev–Trinajstić information content (AvgIpc) is 2.49. The van der Waals surface area contributed by atoms with Crippen LogP contribution in [0.4, 0.5) is 5.82 Å². The fraction of sp³-hybridized carbons (Fsp3) is 0.429. The lowest BCUT2D eigenvalue weighted by atomic mass is 10.1. The van der Waals surface area contributed by atoms with Gasteiger partial charge in [-0.1, -0.05) is 0 Å². The molecule has 9 heteroatoms. The first kappa shape index (κ1) is 12.5. The maximum absolute atomic E-state index is 11.8. The summed E-state index contributed by atoms with van der Waals surface area (Å²) < 4.78 is 25.7. The van der Waals surface area contributed by atoms with E-state index in [-0.39, 0.29) is 10.7 Å². The molecule has 0 aliphatic heterocycles. The number of carbonyl (C=O) groups excluding carboxylic acids is 1. The summed E-state index contributed by atoms with van der Waals surface area (Å²) in [7, 11) is -3.92. The van der Waals surface area contributed by atoms with Crippen molar-refractivity contribution in [3.05, 3.63) is 6.20 Å². The van der Waals surface area contributed by atoms with E-state index in [1.807, 2.05) is 0 Å². The van der Waals surface area contributed by atoms with Crippen molar-refractivity contribution in [1.82, 2.24) is 14.9 Å². The molecule has 0 fully saturated rings. The molecule has 0 atom stereocenters. The van der Waals surface area contributed by atoms with E-state index >= 15 is 0 Å². The zero-order chi connectivity index (χ0) is 12.6. The number of rotatable bonds is 4. The summed E-state index contributed by atoms with van der Waals surface area (Å²) in [4.78, 5) is 10.8. The van der Waals surface area contributed by atoms with Crippen molar-refractivity contribution in [2.24, 2.45) is 5.73 Å². The number of anilines is 1. The predicted molar refractivity (Wildman–Crippen MR) is 56.6 cm³/mol. The topological polar surface area (TPSA) is 144 Å². The molecule has 0 saturated heterocycles. The predicted octanol–water partition coefficient (Wildman–Crippen LogP) is -1.47. The summed E-state index contributed by atoms with van der Waals surface area (Å²) in [6.07, 6.45) is 1.05. The van der Waals surface area contributed by atoms with Crippen LogP contribution in [0.25, 0.3) is 0 Å². The normalized spacial score (nSPS) is 12.6. The second-order valence-corrected chi connectivity index (χ2v) is 5.39. The lowest BCUT2D eigenvalue weighted by molar-refractivity contribution is -0.122. The Hall–Kier alpha value is -1.61. The van der Waals surface area contributed by atoms with Crippen LogP contribution in [0.1, 0.15) is 13.8 Å². The number of primary amides is 1. The Labute approximate surface area is 92.4 Å². The number of nitrogens with zero attached hydrogens (tertiary/aromatic N) is 1. The van der Waals surface area contributed by atoms with E-state index in [4.69, 9.17) is 11.5 Å². The van der Waals surface area contributed by atoms with Gasteiger partial charge < -0.3 is 11.5 Å². The largest absolute Gasteiger partial charge is 0.383 e. The smallest absolute Gasteiger partial charge is 0.246 e. The molecule has 1 aromatic rings. The van der Waals surface area contributed by atoms with Crippen LogP contribution in [-0.4, -0.2) is 30.1 Å². The minimum absolute atomic E-state index is 0.104. The molecule has 1 amide bonds. The maximum atomic E-state index is 11.8. The average molecular weight is 247 g/mol. The summed E-state index contributed by atoms with van der Waals surface area (Å²) in [5.74, 6) is -0.897. The zero-order valence-electron chi connectivity index (χ0n) is 8.81. The van der Waals surface area contributed by atoms with Crippen LogP contribution in [-0.2, 0) is 14.8 Å². The molecule has 0 aliphatic carbocycles. The molecule has 0 spiro atoms. The van der Waals surface area contributed by atoms with Crippen molar-refractivity contribution in [3.63, 3.8) is 0 Å². The standard InChI is InChI=1S/C7H13N5O3S/c1-7(2,6(9)13)12-16(14,15)4-3-10-11-5(4)8/h3,12H,1-2H3,(H2,9,13)(H3,8,10,11). The van der Waals surface area contributed by atoms with Gasteiger partial charge in [0.05, 0.1) is 6.20 Å². The highest BCUT2D eigenvalue weighted by molar-refractivity contribution is 7.89. The van der Waals surface area contributed by atoms with Crippen molar-refractivity contribution >= 4 is 21.7 Å². The van der Waals surface area contributed by atoms with Gasteiger partial charge in [0.2, 0.25) is 15.9 Å². The van der Waals surface area contributed by atoms with Gasteiger partial charge in [-0.3, -0.25) is 9.89 Å². The van der Waals surface area contributed by atoms with Crippen LogP contribution in [0.5, 0.6) is 0 Å². The number of sulfonamides is 1. The highest BCUT2D eigenvalue weighted by atomic mass is 32.2. The SMILES string of the molecule is CC(C)(NS(=O)(=O)c1cn[nH]c1N)C(N)=O. The lowest BCUT2D eigenvalue weighted by Gasteiger charge is -2.21. The van der Waals surface area contributed by atoms with E-state index in [1.165, 1.54) is 13.8 Å². The Bertz CT molecular complexity index is 504. The number of hydrogen-bond donors (Lipinski definition) is 4. The van der Waals surface area contributed by atoms with Gasteiger partial charge in [-0.2, -0.15) is 9.82 Å². The Morgan fingerprint density at radius 3 is 2.50 bits per heavy atom. The van der Waals surface area contributed by atoms with Gasteiger partial charge in [-0.05, 0) is 13.8 Å². The monoisotopic (exact) mass is 247 g/mol. The molecule has 0 unspecified atom stereocenters. The number of nitrogens with one attached hydrogen (secondary N) is 2. The number of hydrogen-bond acceptors (Lipinski definition) is 5. The van der Waals surface area contributed by atoms with Crippen LogP contribution in [0.3, 0.4) is 0 Å². The lowest BCUT2D eigenvalue weighted by Crippen LogP contribution is -2.52. The van der Waals surface area contributed by atoms with Crippen molar-refractivity contribution in [1.29, 1.82) is 0 Å². The second kappa shape index (κ2) is 3.76. The molecule has 0 saturated carbocycles. The number of amides is 1. The molecular weight excluding hydrogens is 234 g/mol. The van der Waals surface area contributed by atoms with E-state index in [0.717, 1.165) is 6.20 Å². The third-order valence-corrected chi connectivity index (χ3v) is 3.61. The minimum atomic E-state index is -3.92. The Morgan fingerprint density at radius 2 is 2.12 bits per heavy atom. The number of H-pyrrole nitrogens is 1. The van der Waals surface area contributed by atoms with Gasteiger partial charge in [-0.25, -0.2) is 8.42 Å². The molecule has 0 aromatic carbocycles. The summed E-state index contributed by atoms with van der Waals surface area (Å²) in [6.45, 7) is 2.70. The Morgan fingerprint density at radius 1 is 1.56 bits per heavy atom. The Balaban J connectivity index is 3.07. The number of nitrogen functional groups attached to an aromatic ring is 1. The number of aromatic nitrogens is 2. The first-order valence-electron chi connectivity index (χ1n) is 4.29. The van der Waals surface area contributed by atoms with Crippen LogP contribution < -0.4 is 16.2 Å². The molecule has 8 nitrogen and oxygen atoms in total. The molecule has 16 heavy (non-hydrogen) atoms. The first-order valence-corrected chi connectivity index (χ1v) is 5.78. The van der Waals surface area contributed by atoms with Crippen molar-refractivity contribution in [2.75, 3.05) is 5.73 Å². The van der Waals surface area contributed by atoms with Crippen molar-refractivity contribution in [3.8, 4) is 0 Å². The molecule has 1 heterocycles. The van der Waals surface area contributed by atoms with E-state index in [2.05, 4.69) is 14.9 Å². The minimum Gasteiger partial charge on any atom is -0.383 e. The van der Waals surface area contributed by atoms with E-state index in [1.54, 1.807) is 0 Å². The summed E-state index contributed by atoms with van der Waals surface area (Å²) in [5, 5.41) is 5.76. The number of aromatic amines is 1. The molecule has 90 valence electrons. The first-order chi connectivity index (χ1) is 7.17. The zero-order valence-corrected chi connectivity index (χ0v) is 9.63. The summed E-state index contributed by atoms with van der Waals surface area (Å²) in [5.41, 5.74) is 9.02. The van der Waals surface area contributed by atoms with Crippen LogP contribution in [0, 0.1) is 0 Å². The molecule has 0 radical (unpaired) electrons. The molecule has 1 rings (SSSR count). The third-order valence-electron chi connectivity index (χ3n) is 1.93. The van der Waals surface area contributed by atoms with E-state index in [9.17, 15) is 13.2 Å². The van der Waals surface area contributed by atoms with Crippen molar-refractivity contribution in [2.45, 2.75) is 24.3 Å². The van der Waals surface area contributed by atoms with E-state index < -0.39 is 21.5 Å². The second-order valence-electron chi connectivity index (χ2n) is 3.74.